The fourth-order valence-electron chi connectivity index (χ4n) is 5.66. The van der Waals surface area contributed by atoms with Crippen molar-refractivity contribution in [1.82, 2.24) is 0 Å². The molecule has 0 bridgehead atoms. The Hall–Kier alpha value is -2.23. The third-order valence-electron chi connectivity index (χ3n) is 6.68. The van der Waals surface area contributed by atoms with Gasteiger partial charge in [-0.15, -0.1) is 0 Å². The molecule has 5 rings (SSSR count). The van der Waals surface area contributed by atoms with Gasteiger partial charge in [-0.2, -0.15) is 0 Å². The Labute approximate surface area is 186 Å². The van der Waals surface area contributed by atoms with Crippen LogP contribution in [0, 0.1) is 5.41 Å². The van der Waals surface area contributed by atoms with E-state index >= 15 is 0 Å². The van der Waals surface area contributed by atoms with Gasteiger partial charge in [-0.3, -0.25) is 4.79 Å². The summed E-state index contributed by atoms with van der Waals surface area (Å²) in [6.45, 7) is 12.7. The van der Waals surface area contributed by atoms with Crippen LogP contribution in [-0.2, 0) is 21.2 Å². The van der Waals surface area contributed by atoms with E-state index in [0.717, 1.165) is 24.8 Å². The number of carbonyl (C=O) groups is 1. The fourth-order valence-corrected chi connectivity index (χ4v) is 7.01. The van der Waals surface area contributed by atoms with Gasteiger partial charge in [0.25, 0.3) is 0 Å². The first-order chi connectivity index (χ1) is 14.5. The first-order valence-corrected chi connectivity index (χ1v) is 14.9. The maximum absolute atomic E-state index is 14.0. The summed E-state index contributed by atoms with van der Waals surface area (Å²) in [6, 6.07) is 17.8. The number of hydrogen-bond donors (Lipinski definition) is 0. The minimum Gasteiger partial charge on any atom is -0.401 e. The fraction of sp³-hybridized carbons (Fsp3) is 0.393. The van der Waals surface area contributed by atoms with Crippen molar-refractivity contribution < 1.29 is 9.22 Å². The van der Waals surface area contributed by atoms with Crippen LogP contribution >= 0.6 is 0 Å². The number of rotatable bonds is 3. The first-order valence-electron chi connectivity index (χ1n) is 11.5. The molecule has 0 spiro atoms. The lowest BCUT2D eigenvalue weighted by atomic mass is 9.68. The molecule has 1 aliphatic rings. The number of aryl methyl sites for hydroxylation is 1. The summed E-state index contributed by atoms with van der Waals surface area (Å²) < 4.78 is 6.90. The van der Waals surface area contributed by atoms with E-state index in [2.05, 4.69) is 68.2 Å². The van der Waals surface area contributed by atoms with Crippen molar-refractivity contribution in [2.75, 3.05) is 0 Å². The topological polar surface area (TPSA) is 26.3 Å². The summed E-state index contributed by atoms with van der Waals surface area (Å²) in [7, 11) is -1.99. The highest BCUT2D eigenvalue weighted by Crippen LogP contribution is 2.49. The Morgan fingerprint density at radius 2 is 1.58 bits per heavy atom. The molecule has 2 nitrogen and oxygen atoms in total. The van der Waals surface area contributed by atoms with Crippen LogP contribution in [0.5, 0.6) is 0 Å². The molecule has 4 aromatic carbocycles. The van der Waals surface area contributed by atoms with E-state index in [4.69, 9.17) is 4.43 Å². The smallest absolute Gasteiger partial charge is 0.185 e. The molecular weight excluding hydrogens is 396 g/mol. The predicted octanol–water partition coefficient (Wildman–Crippen LogP) is 7.58. The first kappa shape index (κ1) is 20.7. The molecule has 0 N–H and O–H groups in total. The van der Waals surface area contributed by atoms with Gasteiger partial charge in [-0.1, -0.05) is 63.2 Å². The van der Waals surface area contributed by atoms with Gasteiger partial charge < -0.3 is 4.43 Å². The number of ketones is 1. The largest absolute Gasteiger partial charge is 0.401 e. The van der Waals surface area contributed by atoms with Crippen molar-refractivity contribution in [3.05, 3.63) is 59.7 Å². The minimum atomic E-state index is -1.99. The standard InChI is InChI=1S/C28H32O2Si/c1-27(2,3)26(29)28(30-31(4,5)6)16-8-11-21-22-15-14-19-10-7-9-18-12-13-20(17-23(21)28)25(22)24(18)19/h7,9-10,12-15,17H,8,11,16H2,1-6H3. The van der Waals surface area contributed by atoms with E-state index in [-0.39, 0.29) is 5.78 Å². The second-order valence-corrected chi connectivity index (χ2v) is 15.7. The molecular formula is C28H32O2Si. The second-order valence-electron chi connectivity index (χ2n) is 11.2. The molecule has 0 aromatic heterocycles. The summed E-state index contributed by atoms with van der Waals surface area (Å²) in [5.74, 6) is 0.219. The highest BCUT2D eigenvalue weighted by atomic mass is 28.4. The van der Waals surface area contributed by atoms with E-state index in [1.54, 1.807) is 0 Å². The molecule has 31 heavy (non-hydrogen) atoms. The van der Waals surface area contributed by atoms with Crippen molar-refractivity contribution >= 4 is 46.4 Å². The van der Waals surface area contributed by atoms with Gasteiger partial charge in [0.15, 0.2) is 14.1 Å². The number of benzene rings is 4. The Bertz CT molecular complexity index is 1310. The van der Waals surface area contributed by atoms with Crippen LogP contribution in [0.3, 0.4) is 0 Å². The predicted molar refractivity (Wildman–Crippen MR) is 134 cm³/mol. The SMILES string of the molecule is CC(C)(C)C(=O)C1(O[Si](C)(C)C)CCCc2c1cc1ccc3cccc4ccc2c1c34. The molecule has 0 heterocycles. The molecule has 1 atom stereocenters. The van der Waals surface area contributed by atoms with Gasteiger partial charge >= 0.3 is 0 Å². The normalized spacial score (nSPS) is 19.9. The lowest BCUT2D eigenvalue weighted by Crippen LogP contribution is -2.52. The van der Waals surface area contributed by atoms with Gasteiger partial charge in [-0.05, 0) is 88.4 Å². The van der Waals surface area contributed by atoms with Gasteiger partial charge in [0.2, 0.25) is 0 Å². The third kappa shape index (κ3) is 3.13. The van der Waals surface area contributed by atoms with E-state index in [9.17, 15) is 4.79 Å². The highest BCUT2D eigenvalue weighted by Gasteiger charge is 2.50. The Morgan fingerprint density at radius 1 is 0.935 bits per heavy atom. The second kappa shape index (κ2) is 6.63. The lowest BCUT2D eigenvalue weighted by molar-refractivity contribution is -0.146. The molecule has 3 heteroatoms. The van der Waals surface area contributed by atoms with Crippen LogP contribution < -0.4 is 0 Å². The average Bonchev–Trinajstić information content (AvgIpc) is 2.69. The number of Topliss-reactive ketones (excluding diaryl/α,β-unsaturated/α-hetero) is 1. The molecule has 0 aliphatic heterocycles. The van der Waals surface area contributed by atoms with E-state index in [0.29, 0.717) is 0 Å². The monoisotopic (exact) mass is 428 g/mol. The maximum Gasteiger partial charge on any atom is 0.185 e. The van der Waals surface area contributed by atoms with Crippen LogP contribution in [0.15, 0.2) is 48.5 Å². The Morgan fingerprint density at radius 3 is 2.23 bits per heavy atom. The number of hydrogen-bond acceptors (Lipinski definition) is 2. The quantitative estimate of drug-likeness (QED) is 0.248. The molecule has 1 unspecified atom stereocenters. The molecule has 0 radical (unpaired) electrons. The van der Waals surface area contributed by atoms with Gasteiger partial charge in [-0.25, -0.2) is 0 Å². The van der Waals surface area contributed by atoms with Crippen molar-refractivity contribution in [3.8, 4) is 0 Å². The number of carbonyl (C=O) groups excluding carboxylic acids is 1. The summed E-state index contributed by atoms with van der Waals surface area (Å²) in [5.41, 5.74) is 1.12. The summed E-state index contributed by atoms with van der Waals surface area (Å²) in [5, 5.41) is 7.74. The summed E-state index contributed by atoms with van der Waals surface area (Å²) >= 11 is 0. The van der Waals surface area contributed by atoms with E-state index in [1.807, 2.05) is 20.8 Å². The molecule has 0 amide bonds. The van der Waals surface area contributed by atoms with E-state index in [1.165, 1.54) is 37.9 Å². The Balaban J connectivity index is 1.89. The van der Waals surface area contributed by atoms with Crippen LogP contribution in [-0.4, -0.2) is 14.1 Å². The van der Waals surface area contributed by atoms with Crippen molar-refractivity contribution in [2.24, 2.45) is 5.41 Å². The molecule has 0 saturated carbocycles. The zero-order chi connectivity index (χ0) is 22.2. The van der Waals surface area contributed by atoms with Crippen molar-refractivity contribution in [2.45, 2.75) is 65.3 Å². The number of fused-ring (bicyclic) bond motifs is 2. The van der Waals surface area contributed by atoms with Gasteiger partial charge in [0.05, 0.1) is 0 Å². The van der Waals surface area contributed by atoms with Gasteiger partial charge in [0, 0.05) is 5.41 Å². The van der Waals surface area contributed by atoms with Crippen LogP contribution in [0.1, 0.15) is 44.7 Å². The maximum atomic E-state index is 14.0. The van der Waals surface area contributed by atoms with Crippen LogP contribution in [0.4, 0.5) is 0 Å². The summed E-state index contributed by atoms with van der Waals surface area (Å²) in [4.78, 5) is 14.0. The van der Waals surface area contributed by atoms with Crippen molar-refractivity contribution in [1.29, 1.82) is 0 Å². The average molecular weight is 429 g/mol. The zero-order valence-corrected chi connectivity index (χ0v) is 20.6. The minimum absolute atomic E-state index is 0.219. The Kier molecular flexibility index (Phi) is 4.42. The molecule has 160 valence electrons. The lowest BCUT2D eigenvalue weighted by Gasteiger charge is -2.45. The van der Waals surface area contributed by atoms with Crippen molar-refractivity contribution in [3.63, 3.8) is 0 Å². The van der Waals surface area contributed by atoms with Crippen LogP contribution in [0.25, 0.3) is 32.3 Å². The van der Waals surface area contributed by atoms with Crippen LogP contribution in [0.2, 0.25) is 19.6 Å². The van der Waals surface area contributed by atoms with Gasteiger partial charge in [0.1, 0.15) is 5.60 Å². The molecule has 0 fully saturated rings. The zero-order valence-electron chi connectivity index (χ0n) is 19.6. The third-order valence-corrected chi connectivity index (χ3v) is 7.64. The molecule has 1 aliphatic carbocycles. The highest BCUT2D eigenvalue weighted by molar-refractivity contribution is 6.70. The van der Waals surface area contributed by atoms with E-state index < -0.39 is 19.3 Å². The molecule has 0 saturated heterocycles. The molecule has 4 aromatic rings. The summed E-state index contributed by atoms with van der Waals surface area (Å²) in [6.07, 6.45) is 2.74.